The second kappa shape index (κ2) is 3.56. The van der Waals surface area contributed by atoms with Crippen molar-refractivity contribution in [2.24, 2.45) is 0 Å². The summed E-state index contributed by atoms with van der Waals surface area (Å²) in [5, 5.41) is 8.93. The van der Waals surface area contributed by atoms with E-state index in [1.54, 1.807) is 13.0 Å². The predicted octanol–water partition coefficient (Wildman–Crippen LogP) is 1.64. The molecule has 0 aromatic carbocycles. The van der Waals surface area contributed by atoms with Gasteiger partial charge >= 0.3 is 5.97 Å². The van der Waals surface area contributed by atoms with E-state index in [1.165, 1.54) is 0 Å². The molecular formula is C12H16N2O2. The maximum atomic E-state index is 10.9. The van der Waals surface area contributed by atoms with Gasteiger partial charge in [0.2, 0.25) is 0 Å². The molecule has 1 aliphatic carbocycles. The highest BCUT2D eigenvalue weighted by atomic mass is 16.4. The van der Waals surface area contributed by atoms with Gasteiger partial charge in [-0.15, -0.1) is 0 Å². The number of carbonyl (C=O) groups is 1. The van der Waals surface area contributed by atoms with E-state index >= 15 is 0 Å². The Morgan fingerprint density at radius 1 is 1.44 bits per heavy atom. The van der Waals surface area contributed by atoms with Crippen LogP contribution in [0.2, 0.25) is 0 Å². The van der Waals surface area contributed by atoms with Crippen LogP contribution in [0.5, 0.6) is 0 Å². The summed E-state index contributed by atoms with van der Waals surface area (Å²) in [5.41, 5.74) is 1.92. The molecule has 0 atom stereocenters. The van der Waals surface area contributed by atoms with E-state index in [1.807, 2.05) is 20.2 Å². The van der Waals surface area contributed by atoms with Gasteiger partial charge in [-0.1, -0.05) is 0 Å². The predicted molar refractivity (Wildman–Crippen MR) is 60.5 cm³/mol. The lowest BCUT2D eigenvalue weighted by atomic mass is 10.1. The summed E-state index contributed by atoms with van der Waals surface area (Å²) in [5.74, 6) is -0.911. The molecule has 0 aliphatic heterocycles. The Hall–Kier alpha value is -1.42. The van der Waals surface area contributed by atoms with Crippen molar-refractivity contribution in [1.29, 1.82) is 0 Å². The number of hydrogen-bond acceptors (Lipinski definition) is 3. The van der Waals surface area contributed by atoms with Gasteiger partial charge in [-0.25, -0.2) is 4.79 Å². The van der Waals surface area contributed by atoms with Gasteiger partial charge in [0, 0.05) is 0 Å². The van der Waals surface area contributed by atoms with E-state index in [9.17, 15) is 4.79 Å². The molecule has 1 aromatic rings. The summed E-state index contributed by atoms with van der Waals surface area (Å²) < 4.78 is 0. The molecule has 0 radical (unpaired) electrons. The van der Waals surface area contributed by atoms with Gasteiger partial charge < -0.3 is 5.11 Å². The fraction of sp³-hybridized carbons (Fsp3) is 0.500. The molecule has 0 amide bonds. The molecule has 4 nitrogen and oxygen atoms in total. The van der Waals surface area contributed by atoms with Crippen LogP contribution in [0.4, 0.5) is 0 Å². The zero-order chi connectivity index (χ0) is 11.9. The molecule has 1 fully saturated rings. The van der Waals surface area contributed by atoms with Gasteiger partial charge in [0.15, 0.2) is 0 Å². The average molecular weight is 220 g/mol. The largest absolute Gasteiger partial charge is 0.478 e. The Kier molecular flexibility index (Phi) is 2.46. The molecule has 1 heterocycles. The average Bonchev–Trinajstić information content (AvgIpc) is 2.97. The standard InChI is InChI=1S/C12H16N2O2/c1-8-9(11(15)16)4-5-10(13-8)12(6-7-12)14(2)3/h4-5H,6-7H2,1-3H3,(H,15,16). The van der Waals surface area contributed by atoms with Crippen LogP contribution in [0.15, 0.2) is 12.1 Å². The fourth-order valence-electron chi connectivity index (χ4n) is 2.10. The molecule has 16 heavy (non-hydrogen) atoms. The molecule has 4 heteroatoms. The van der Waals surface area contributed by atoms with Crippen molar-refractivity contribution in [3.8, 4) is 0 Å². The van der Waals surface area contributed by atoms with Gasteiger partial charge in [0.1, 0.15) is 0 Å². The van der Waals surface area contributed by atoms with E-state index in [-0.39, 0.29) is 5.54 Å². The minimum absolute atomic E-state index is 0.0434. The molecule has 0 unspecified atom stereocenters. The number of rotatable bonds is 3. The SMILES string of the molecule is Cc1nc(C2(N(C)C)CC2)ccc1C(=O)O. The quantitative estimate of drug-likeness (QED) is 0.841. The number of carboxylic acids is 1. The summed E-state index contributed by atoms with van der Waals surface area (Å²) in [7, 11) is 4.07. The first-order valence-corrected chi connectivity index (χ1v) is 5.36. The lowest BCUT2D eigenvalue weighted by Crippen LogP contribution is -2.29. The van der Waals surface area contributed by atoms with E-state index in [4.69, 9.17) is 5.11 Å². The second-order valence-electron chi connectivity index (χ2n) is 4.56. The number of hydrogen-bond donors (Lipinski definition) is 1. The van der Waals surface area contributed by atoms with Crippen LogP contribution in [0.3, 0.4) is 0 Å². The topological polar surface area (TPSA) is 53.4 Å². The van der Waals surface area contributed by atoms with Crippen LogP contribution < -0.4 is 0 Å². The van der Waals surface area contributed by atoms with Gasteiger partial charge in [-0.2, -0.15) is 0 Å². The Labute approximate surface area is 94.9 Å². The highest BCUT2D eigenvalue weighted by Gasteiger charge is 2.47. The molecule has 1 aliphatic rings. The van der Waals surface area contributed by atoms with Crippen LogP contribution in [-0.4, -0.2) is 35.1 Å². The highest BCUT2D eigenvalue weighted by Crippen LogP contribution is 2.48. The smallest absolute Gasteiger partial charge is 0.337 e. The van der Waals surface area contributed by atoms with Crippen LogP contribution >= 0.6 is 0 Å². The molecule has 0 bridgehead atoms. The van der Waals surface area contributed by atoms with Gasteiger partial charge in [-0.3, -0.25) is 9.88 Å². The number of aromatic carboxylic acids is 1. The van der Waals surface area contributed by atoms with Gasteiger partial charge in [0.25, 0.3) is 0 Å². The van der Waals surface area contributed by atoms with Crippen molar-refractivity contribution in [3.63, 3.8) is 0 Å². The third kappa shape index (κ3) is 1.59. The number of aromatic nitrogens is 1. The molecule has 0 saturated heterocycles. The number of nitrogens with zero attached hydrogens (tertiary/aromatic N) is 2. The zero-order valence-corrected chi connectivity index (χ0v) is 9.82. The minimum atomic E-state index is -0.911. The molecular weight excluding hydrogens is 204 g/mol. The number of pyridine rings is 1. The first-order valence-electron chi connectivity index (χ1n) is 5.36. The van der Waals surface area contributed by atoms with E-state index in [2.05, 4.69) is 9.88 Å². The summed E-state index contributed by atoms with van der Waals surface area (Å²) in [6, 6.07) is 3.49. The van der Waals surface area contributed by atoms with E-state index in [0.29, 0.717) is 11.3 Å². The van der Waals surface area contributed by atoms with Crippen molar-refractivity contribution in [1.82, 2.24) is 9.88 Å². The Morgan fingerprint density at radius 3 is 2.44 bits per heavy atom. The first kappa shape index (κ1) is 11.1. The summed E-state index contributed by atoms with van der Waals surface area (Å²) in [4.78, 5) is 17.5. The summed E-state index contributed by atoms with van der Waals surface area (Å²) in [6.07, 6.45) is 2.19. The van der Waals surface area contributed by atoms with Crippen molar-refractivity contribution >= 4 is 5.97 Å². The molecule has 1 aromatic heterocycles. The van der Waals surface area contributed by atoms with Crippen molar-refractivity contribution < 1.29 is 9.90 Å². The molecule has 86 valence electrons. The van der Waals surface area contributed by atoms with Crippen LogP contribution in [-0.2, 0) is 5.54 Å². The summed E-state index contributed by atoms with van der Waals surface area (Å²) in [6.45, 7) is 1.75. The second-order valence-corrected chi connectivity index (χ2v) is 4.56. The lowest BCUT2D eigenvalue weighted by Gasteiger charge is -2.23. The van der Waals surface area contributed by atoms with E-state index < -0.39 is 5.97 Å². The van der Waals surface area contributed by atoms with E-state index in [0.717, 1.165) is 18.5 Å². The minimum Gasteiger partial charge on any atom is -0.478 e. The molecule has 0 spiro atoms. The van der Waals surface area contributed by atoms with Crippen LogP contribution in [0, 0.1) is 6.92 Å². The molecule has 1 N–H and O–H groups in total. The zero-order valence-electron chi connectivity index (χ0n) is 9.82. The third-order valence-corrected chi connectivity index (χ3v) is 3.37. The maximum Gasteiger partial charge on any atom is 0.337 e. The number of carboxylic acid groups (broad SMARTS) is 1. The number of aryl methyl sites for hydroxylation is 1. The fourth-order valence-corrected chi connectivity index (χ4v) is 2.10. The Bertz CT molecular complexity index is 437. The summed E-state index contributed by atoms with van der Waals surface area (Å²) >= 11 is 0. The highest BCUT2D eigenvalue weighted by molar-refractivity contribution is 5.88. The van der Waals surface area contributed by atoms with Crippen LogP contribution in [0.25, 0.3) is 0 Å². The molecule has 1 saturated carbocycles. The third-order valence-electron chi connectivity index (χ3n) is 3.37. The maximum absolute atomic E-state index is 10.9. The van der Waals surface area contributed by atoms with Crippen molar-refractivity contribution in [2.45, 2.75) is 25.3 Å². The normalized spacial score (nSPS) is 17.5. The van der Waals surface area contributed by atoms with Crippen molar-refractivity contribution in [3.05, 3.63) is 29.1 Å². The van der Waals surface area contributed by atoms with Gasteiger partial charge in [-0.05, 0) is 46.0 Å². The Morgan fingerprint density at radius 2 is 2.06 bits per heavy atom. The van der Waals surface area contributed by atoms with Crippen LogP contribution in [0.1, 0.15) is 34.6 Å². The Balaban J connectivity index is 2.39. The lowest BCUT2D eigenvalue weighted by molar-refractivity contribution is 0.0695. The molecule has 2 rings (SSSR count). The van der Waals surface area contributed by atoms with Gasteiger partial charge in [0.05, 0.1) is 22.5 Å². The van der Waals surface area contributed by atoms with Crippen molar-refractivity contribution in [2.75, 3.05) is 14.1 Å². The first-order chi connectivity index (χ1) is 7.47. The monoisotopic (exact) mass is 220 g/mol.